The third-order valence-electron chi connectivity index (χ3n) is 10.4. The summed E-state index contributed by atoms with van der Waals surface area (Å²) in [4.78, 5) is 1.16. The van der Waals surface area contributed by atoms with Crippen molar-refractivity contribution in [1.29, 1.82) is 0 Å². The maximum atomic E-state index is 12.7. The highest BCUT2D eigenvalue weighted by Gasteiger charge is 2.27. The second kappa shape index (κ2) is 16.4. The van der Waals surface area contributed by atoms with Crippen LogP contribution in [-0.4, -0.2) is 52.0 Å². The second-order valence-corrected chi connectivity index (χ2v) is 18.7. The van der Waals surface area contributed by atoms with Crippen LogP contribution in [0.4, 0.5) is 17.1 Å². The molecule has 6 rings (SSSR count). The van der Waals surface area contributed by atoms with Gasteiger partial charge in [0.25, 0.3) is 20.2 Å². The maximum Gasteiger partial charge on any atom is 0.294 e. The number of aryl methyl sites for hydroxylation is 3. The molecule has 2 N–H and O–H groups in total. The predicted octanol–water partition coefficient (Wildman–Crippen LogP) is 8.68. The lowest BCUT2D eigenvalue weighted by molar-refractivity contribution is 0.463. The Kier molecular flexibility index (Phi) is 12.1. The Hall–Kier alpha value is -4.90. The van der Waals surface area contributed by atoms with Crippen molar-refractivity contribution in [3.05, 3.63) is 113 Å². The first-order valence-corrected chi connectivity index (χ1v) is 23.2. The van der Waals surface area contributed by atoms with E-state index in [9.17, 15) is 38.9 Å². The molecule has 0 radical (unpaired) electrons. The van der Waals surface area contributed by atoms with Crippen molar-refractivity contribution in [3.63, 3.8) is 0 Å². The quantitative estimate of drug-likeness (QED) is 0.0644. The summed E-state index contributed by atoms with van der Waals surface area (Å²) < 4.78 is 116. The largest absolute Gasteiger partial charge is 0.744 e. The van der Waals surface area contributed by atoms with Crippen molar-refractivity contribution in [3.8, 4) is 22.5 Å². The van der Waals surface area contributed by atoms with E-state index in [-0.39, 0.29) is 15.4 Å². The number of fused-ring (bicyclic) bond motifs is 2. The Morgan fingerprint density at radius 3 is 2.00 bits per heavy atom. The van der Waals surface area contributed by atoms with Gasteiger partial charge in [0, 0.05) is 69.7 Å². The molecule has 0 bridgehead atoms. The van der Waals surface area contributed by atoms with Gasteiger partial charge in [-0.25, -0.2) is 8.42 Å². The first-order valence-electron chi connectivity index (χ1n) is 18.9. The van der Waals surface area contributed by atoms with Crippen LogP contribution in [0.3, 0.4) is 0 Å². The van der Waals surface area contributed by atoms with E-state index in [0.717, 1.165) is 36.9 Å². The summed E-state index contributed by atoms with van der Waals surface area (Å²) in [7, 11) is -13.9. The molecule has 12 nitrogen and oxygen atoms in total. The molecule has 4 aromatic carbocycles. The van der Waals surface area contributed by atoms with Crippen LogP contribution in [0.25, 0.3) is 33.4 Å². The third kappa shape index (κ3) is 8.46. The molecule has 1 aliphatic heterocycles. The van der Waals surface area contributed by atoms with E-state index in [0.29, 0.717) is 74.4 Å². The molecule has 0 amide bonds. The van der Waals surface area contributed by atoms with Gasteiger partial charge < -0.3 is 13.9 Å². The monoisotopic (exact) mass is 846 g/mol. The first-order chi connectivity index (χ1) is 27.3. The van der Waals surface area contributed by atoms with E-state index in [4.69, 9.17) is 4.42 Å². The van der Waals surface area contributed by atoms with Crippen LogP contribution in [0.5, 0.6) is 0 Å². The lowest BCUT2D eigenvalue weighted by atomic mass is 9.93. The van der Waals surface area contributed by atoms with Crippen LogP contribution >= 0.6 is 0 Å². The summed E-state index contributed by atoms with van der Waals surface area (Å²) >= 11 is 0. The molecule has 306 valence electrons. The van der Waals surface area contributed by atoms with E-state index < -0.39 is 35.2 Å². The van der Waals surface area contributed by atoms with Crippen LogP contribution in [0.15, 0.2) is 104 Å². The van der Waals surface area contributed by atoms with Gasteiger partial charge in [-0.05, 0) is 87.7 Å². The highest BCUT2D eigenvalue weighted by molar-refractivity contribution is 7.86. The summed E-state index contributed by atoms with van der Waals surface area (Å²) in [5, 5.41) is 1.21. The lowest BCUT2D eigenvalue weighted by Gasteiger charge is -2.29. The average Bonchev–Trinajstić information content (AvgIpc) is 3.14. The zero-order valence-electron chi connectivity index (χ0n) is 33.1. The van der Waals surface area contributed by atoms with Crippen molar-refractivity contribution in [2.75, 3.05) is 18.0 Å². The molecule has 0 fully saturated rings. The van der Waals surface area contributed by atoms with Crippen molar-refractivity contribution in [1.82, 2.24) is 4.58 Å². The Morgan fingerprint density at radius 1 is 0.707 bits per heavy atom. The predicted molar refractivity (Wildman–Crippen MR) is 224 cm³/mol. The number of anilines is 2. The summed E-state index contributed by atoms with van der Waals surface area (Å²) in [6.07, 6.45) is 3.20. The molecule has 0 saturated carbocycles. The Morgan fingerprint density at radius 2 is 1.38 bits per heavy atom. The molecule has 2 aliphatic rings. The van der Waals surface area contributed by atoms with Gasteiger partial charge in [-0.1, -0.05) is 51.0 Å². The number of hydrogen-bond acceptors (Lipinski definition) is 9. The van der Waals surface area contributed by atoms with Crippen LogP contribution in [0.2, 0.25) is 0 Å². The number of unbranched alkanes of at least 4 members (excludes halogenated alkanes) is 2. The molecule has 1 aliphatic carbocycles. The summed E-state index contributed by atoms with van der Waals surface area (Å²) in [5.41, 5.74) is 5.90. The number of hydrogen-bond donors (Lipinski definition) is 2. The van der Waals surface area contributed by atoms with Crippen molar-refractivity contribution < 1.29 is 43.3 Å². The van der Waals surface area contributed by atoms with Gasteiger partial charge >= 0.3 is 0 Å². The summed E-state index contributed by atoms with van der Waals surface area (Å²) in [6.45, 7) is 12.2. The van der Waals surface area contributed by atoms with Gasteiger partial charge in [-0.3, -0.25) is 9.11 Å². The van der Waals surface area contributed by atoms with Crippen LogP contribution in [0, 0.1) is 27.7 Å². The van der Waals surface area contributed by atoms with E-state index in [1.54, 1.807) is 51.1 Å². The van der Waals surface area contributed by atoms with Crippen LogP contribution in [-0.2, 0) is 30.4 Å². The smallest absolute Gasteiger partial charge is 0.294 e. The molecule has 0 spiro atoms. The highest BCUT2D eigenvalue weighted by Crippen LogP contribution is 2.44. The van der Waals surface area contributed by atoms with Gasteiger partial charge in [0.05, 0.1) is 20.8 Å². The molecule has 0 saturated heterocycles. The minimum absolute atomic E-state index is 0.189. The van der Waals surface area contributed by atoms with Gasteiger partial charge in [-0.15, -0.1) is 0 Å². The van der Waals surface area contributed by atoms with Gasteiger partial charge in [0.1, 0.15) is 28.0 Å². The van der Waals surface area contributed by atoms with Crippen LogP contribution in [0.1, 0.15) is 61.8 Å². The highest BCUT2D eigenvalue weighted by atomic mass is 32.2. The van der Waals surface area contributed by atoms with E-state index in [2.05, 4.69) is 6.92 Å². The fourth-order valence-electron chi connectivity index (χ4n) is 7.76. The third-order valence-corrected chi connectivity index (χ3v) is 13.1. The van der Waals surface area contributed by atoms with Gasteiger partial charge in [0.2, 0.25) is 11.0 Å². The molecule has 0 unspecified atom stereocenters. The normalized spacial score (nSPS) is 13.0. The summed E-state index contributed by atoms with van der Waals surface area (Å²) in [6, 6.07) is 22.8. The summed E-state index contributed by atoms with van der Waals surface area (Å²) in [5.74, 6) is 0.363. The Labute approximate surface area is 339 Å². The molecular formula is C43H46N2O10S3. The number of benzene rings is 5. The zero-order valence-corrected chi connectivity index (χ0v) is 35.6. The van der Waals surface area contributed by atoms with E-state index in [1.165, 1.54) is 30.3 Å². The average molecular weight is 847 g/mol. The Balaban J connectivity index is 1.72. The molecule has 58 heavy (non-hydrogen) atoms. The fourth-order valence-corrected chi connectivity index (χ4v) is 9.82. The lowest BCUT2D eigenvalue weighted by Crippen LogP contribution is -2.28. The number of nitrogens with zero attached hydrogens (tertiary/aromatic N) is 2. The van der Waals surface area contributed by atoms with Gasteiger partial charge in [0.15, 0.2) is 0 Å². The van der Waals surface area contributed by atoms with Crippen LogP contribution < -0.4 is 14.8 Å². The molecule has 4 aromatic rings. The first kappa shape index (κ1) is 42.7. The van der Waals surface area contributed by atoms with Crippen molar-refractivity contribution in [2.45, 2.75) is 81.9 Å². The Bertz CT molecular complexity index is 2930. The molecular weight excluding hydrogens is 801 g/mol. The fraction of sp³-hybridized carbons (Fsp3) is 0.279. The topological polar surface area (TPSA) is 185 Å². The van der Waals surface area contributed by atoms with Crippen molar-refractivity contribution in [2.24, 2.45) is 0 Å². The molecule has 0 aromatic heterocycles. The minimum atomic E-state index is -4.93. The minimum Gasteiger partial charge on any atom is -0.744 e. The SMILES string of the molecule is CCCCN(c1ccc2c(-c3ccccc3S(=O)(=O)[O-])c3ccc(=[N+](CCCC)c4c(C)cc(S(=O)(=O)O)cc4C)cc-3oc2c1)c1c(C)ccc(S(=O)(=O)O)c1C. The van der Waals surface area contributed by atoms with Crippen molar-refractivity contribution >= 4 is 58.4 Å². The molecule has 0 atom stereocenters. The standard InChI is InChI=1S/C43H46N2O10S3/c1-7-9-21-44(42-28(4)23-33(24-29(42)5)56(46,47)48)31-16-18-34-37(25-31)55-38-26-32(17-19-35(38)41(34)36-13-11-12-14-40(36)58(52,53)54)45(22-10-8-2)43-27(3)15-20-39(30(43)6)57(49,50)51/h11-20,23-26H,7-10,21-22H2,1-6H3,(H2-,46,47,48,49,50,51,52,53,54). The van der Waals surface area contributed by atoms with E-state index in [1.807, 2.05) is 47.6 Å². The zero-order chi connectivity index (χ0) is 42.3. The van der Waals surface area contributed by atoms with E-state index >= 15 is 0 Å². The maximum absolute atomic E-state index is 12.7. The second-order valence-electron chi connectivity index (χ2n) is 14.5. The molecule has 15 heteroatoms. The number of rotatable bonds is 13. The van der Waals surface area contributed by atoms with Gasteiger partial charge in [-0.2, -0.15) is 21.4 Å². The molecule has 1 heterocycles.